The lowest BCUT2D eigenvalue weighted by molar-refractivity contribution is 0.103. The molecule has 6 rings (SSSR count). The molecule has 2 aliphatic heterocycles. The number of nitrogens with zero attached hydrogens (tertiary/aromatic N) is 5. The zero-order chi connectivity index (χ0) is 26.2. The number of carboxylic acid groups (broad SMARTS) is 1. The van der Waals surface area contributed by atoms with Crippen LogP contribution in [0, 0.1) is 0 Å². The Hall–Kier alpha value is -2.91. The third-order valence-corrected chi connectivity index (χ3v) is 8.93. The third-order valence-electron chi connectivity index (χ3n) is 8.93. The molecular formula is C29H40N6O3. The first kappa shape index (κ1) is 25.4. The number of nitrogens with one attached hydrogen (secondary N) is 1. The summed E-state index contributed by atoms with van der Waals surface area (Å²) < 4.78 is 6.51. The number of rotatable bonds is 5. The Morgan fingerprint density at radius 2 is 1.95 bits per heavy atom. The van der Waals surface area contributed by atoms with Crippen molar-refractivity contribution in [1.29, 1.82) is 0 Å². The molecule has 1 aromatic heterocycles. The van der Waals surface area contributed by atoms with E-state index in [9.17, 15) is 9.90 Å². The number of aromatic nitrogens is 2. The second-order valence-corrected chi connectivity index (χ2v) is 11.4. The van der Waals surface area contributed by atoms with Crippen LogP contribution in [0.4, 0.5) is 10.5 Å². The SMILES string of the molecule is CN(C)[C@H]1CCC[C@H]1Oc1nc2c(c(C3CNCCN3C(=O)O)n1)CCN(c1cccc3c1CCCC3)C2. The second-order valence-electron chi connectivity index (χ2n) is 11.4. The highest BCUT2D eigenvalue weighted by Crippen LogP contribution is 2.36. The van der Waals surface area contributed by atoms with Crippen LogP contribution in [0.1, 0.15) is 66.2 Å². The Morgan fingerprint density at radius 3 is 2.79 bits per heavy atom. The first-order valence-electron chi connectivity index (χ1n) is 14.3. The minimum Gasteiger partial charge on any atom is -0.465 e. The van der Waals surface area contributed by atoms with Crippen molar-refractivity contribution in [2.24, 2.45) is 0 Å². The molecule has 1 unspecified atom stereocenters. The van der Waals surface area contributed by atoms with Gasteiger partial charge in [-0.25, -0.2) is 4.79 Å². The fourth-order valence-electron chi connectivity index (χ4n) is 6.98. The molecule has 0 radical (unpaired) electrons. The van der Waals surface area contributed by atoms with Gasteiger partial charge in [0.15, 0.2) is 0 Å². The van der Waals surface area contributed by atoms with Gasteiger partial charge in [-0.2, -0.15) is 9.97 Å². The average Bonchev–Trinajstić information content (AvgIpc) is 3.40. The normalized spacial score (nSPS) is 25.3. The van der Waals surface area contributed by atoms with Gasteiger partial charge in [-0.15, -0.1) is 0 Å². The topological polar surface area (TPSA) is 94.1 Å². The van der Waals surface area contributed by atoms with Gasteiger partial charge in [0.25, 0.3) is 0 Å². The maximum absolute atomic E-state index is 12.2. The van der Waals surface area contributed by atoms with Crippen molar-refractivity contribution >= 4 is 11.8 Å². The van der Waals surface area contributed by atoms with E-state index in [0.29, 0.717) is 38.2 Å². The molecule has 9 nitrogen and oxygen atoms in total. The molecule has 2 aliphatic carbocycles. The average molecular weight is 521 g/mol. The highest BCUT2D eigenvalue weighted by molar-refractivity contribution is 5.66. The molecule has 2 N–H and O–H groups in total. The van der Waals surface area contributed by atoms with Gasteiger partial charge < -0.3 is 25.0 Å². The molecule has 3 atom stereocenters. The van der Waals surface area contributed by atoms with Crippen LogP contribution in [0.2, 0.25) is 0 Å². The fourth-order valence-corrected chi connectivity index (χ4v) is 6.98. The van der Waals surface area contributed by atoms with E-state index in [0.717, 1.165) is 62.0 Å². The van der Waals surface area contributed by atoms with Crippen molar-refractivity contribution in [2.45, 2.75) is 76.1 Å². The number of hydrogen-bond acceptors (Lipinski definition) is 7. The molecule has 0 spiro atoms. The van der Waals surface area contributed by atoms with E-state index in [2.05, 4.69) is 47.4 Å². The Morgan fingerprint density at radius 1 is 1.08 bits per heavy atom. The van der Waals surface area contributed by atoms with Gasteiger partial charge in [-0.3, -0.25) is 4.90 Å². The first-order valence-corrected chi connectivity index (χ1v) is 14.3. The van der Waals surface area contributed by atoms with Crippen LogP contribution in [0.3, 0.4) is 0 Å². The summed E-state index contributed by atoms with van der Waals surface area (Å²) in [4.78, 5) is 28.3. The van der Waals surface area contributed by atoms with E-state index in [1.54, 1.807) is 0 Å². The van der Waals surface area contributed by atoms with E-state index in [1.807, 2.05) is 0 Å². The van der Waals surface area contributed by atoms with Crippen molar-refractivity contribution in [1.82, 2.24) is 25.1 Å². The summed E-state index contributed by atoms with van der Waals surface area (Å²) in [5, 5.41) is 13.4. The van der Waals surface area contributed by atoms with Crippen LogP contribution in [0.5, 0.6) is 6.01 Å². The van der Waals surface area contributed by atoms with Crippen LogP contribution in [-0.4, -0.2) is 83.4 Å². The van der Waals surface area contributed by atoms with E-state index in [-0.39, 0.29) is 12.1 Å². The molecule has 2 aromatic rings. The quantitative estimate of drug-likeness (QED) is 0.620. The van der Waals surface area contributed by atoms with Gasteiger partial charge in [0.2, 0.25) is 0 Å². The van der Waals surface area contributed by atoms with Crippen LogP contribution in [0.15, 0.2) is 18.2 Å². The van der Waals surface area contributed by atoms with Crippen LogP contribution < -0.4 is 15.0 Å². The van der Waals surface area contributed by atoms with Crippen molar-refractivity contribution in [3.63, 3.8) is 0 Å². The van der Waals surface area contributed by atoms with E-state index >= 15 is 0 Å². The predicted octanol–water partition coefficient (Wildman–Crippen LogP) is 3.40. The highest BCUT2D eigenvalue weighted by atomic mass is 16.5. The number of benzene rings is 1. The van der Waals surface area contributed by atoms with Gasteiger partial charge in [0.1, 0.15) is 6.10 Å². The number of aryl methyl sites for hydroxylation is 1. The number of fused-ring (bicyclic) bond motifs is 2. The Balaban J connectivity index is 1.37. The van der Waals surface area contributed by atoms with Crippen molar-refractivity contribution in [2.75, 3.05) is 45.2 Å². The van der Waals surface area contributed by atoms with E-state index < -0.39 is 6.09 Å². The number of ether oxygens (including phenoxy) is 1. The Kier molecular flexibility index (Phi) is 7.14. The molecule has 1 saturated carbocycles. The van der Waals surface area contributed by atoms with Crippen LogP contribution >= 0.6 is 0 Å². The summed E-state index contributed by atoms with van der Waals surface area (Å²) in [5.41, 5.74) is 7.17. The summed E-state index contributed by atoms with van der Waals surface area (Å²) in [7, 11) is 4.20. The largest absolute Gasteiger partial charge is 0.465 e. The maximum Gasteiger partial charge on any atom is 0.407 e. The monoisotopic (exact) mass is 520 g/mol. The minimum atomic E-state index is -0.900. The lowest BCUT2D eigenvalue weighted by atomic mass is 9.89. The van der Waals surface area contributed by atoms with E-state index in [4.69, 9.17) is 14.7 Å². The van der Waals surface area contributed by atoms with Crippen molar-refractivity contribution in [3.05, 3.63) is 46.3 Å². The lowest BCUT2D eigenvalue weighted by Gasteiger charge is -2.38. The molecule has 1 amide bonds. The third kappa shape index (κ3) is 4.82. The molecule has 38 heavy (non-hydrogen) atoms. The van der Waals surface area contributed by atoms with Gasteiger partial charge in [-0.05, 0) is 82.7 Å². The highest BCUT2D eigenvalue weighted by Gasteiger charge is 2.36. The number of anilines is 1. The van der Waals surface area contributed by atoms with Crippen LogP contribution in [0.25, 0.3) is 0 Å². The number of hydrogen-bond donors (Lipinski definition) is 2. The molecule has 2 fully saturated rings. The number of amides is 1. The first-order chi connectivity index (χ1) is 18.5. The summed E-state index contributed by atoms with van der Waals surface area (Å²) in [5.74, 6) is 0. The smallest absolute Gasteiger partial charge is 0.407 e. The Bertz CT molecular complexity index is 1190. The predicted molar refractivity (Wildman–Crippen MR) is 146 cm³/mol. The molecular weight excluding hydrogens is 480 g/mol. The summed E-state index contributed by atoms with van der Waals surface area (Å²) in [6.07, 6.45) is 7.93. The minimum absolute atomic E-state index is 0.0387. The van der Waals surface area contributed by atoms with Crippen molar-refractivity contribution < 1.29 is 14.6 Å². The summed E-state index contributed by atoms with van der Waals surface area (Å²) in [6, 6.07) is 7.11. The molecule has 204 valence electrons. The number of carbonyl (C=O) groups is 1. The Labute approximate surface area is 225 Å². The molecule has 4 aliphatic rings. The second kappa shape index (κ2) is 10.7. The maximum atomic E-state index is 12.2. The molecule has 1 saturated heterocycles. The standard InChI is InChI=1S/C29H40N6O3/c1-33(2)24-11-6-12-26(24)38-28-31-22-18-34(23-10-5-8-19-7-3-4-9-20(19)23)15-13-21(22)27(32-28)25-17-30-14-16-35(25)29(36)37/h5,8,10,24-26,30H,3-4,6-7,9,11-18H2,1-2H3,(H,36,37)/t24-,25?,26+/m0/s1. The molecule has 9 heteroatoms. The number of piperazine rings is 1. The van der Waals surface area contributed by atoms with Crippen molar-refractivity contribution in [3.8, 4) is 6.01 Å². The zero-order valence-electron chi connectivity index (χ0n) is 22.7. The molecule has 1 aromatic carbocycles. The van der Waals surface area contributed by atoms with E-state index in [1.165, 1.54) is 34.6 Å². The summed E-state index contributed by atoms with van der Waals surface area (Å²) in [6.45, 7) is 3.21. The lowest BCUT2D eigenvalue weighted by Crippen LogP contribution is -2.49. The zero-order valence-corrected chi connectivity index (χ0v) is 22.7. The van der Waals surface area contributed by atoms with Gasteiger partial charge >= 0.3 is 12.1 Å². The number of likely N-dealkylation sites (N-methyl/N-ethyl adjacent to an activating group) is 1. The van der Waals surface area contributed by atoms with Gasteiger partial charge in [-0.1, -0.05) is 12.1 Å². The molecule has 0 bridgehead atoms. The fraction of sp³-hybridized carbons (Fsp3) is 0.621. The van der Waals surface area contributed by atoms with Crippen LogP contribution in [-0.2, 0) is 25.8 Å². The molecule has 3 heterocycles. The van der Waals surface area contributed by atoms with Gasteiger partial charge in [0, 0.05) is 43.5 Å². The van der Waals surface area contributed by atoms with Gasteiger partial charge in [0.05, 0.1) is 24.0 Å². The summed E-state index contributed by atoms with van der Waals surface area (Å²) >= 11 is 0.